The quantitative estimate of drug-likeness (QED) is 0.514. The smallest absolute Gasteiger partial charge is 0.267 e. The zero-order valence-electron chi connectivity index (χ0n) is 14.1. The second-order valence-electron chi connectivity index (χ2n) is 5.81. The number of nitrogens with zero attached hydrogens (tertiary/aromatic N) is 1. The summed E-state index contributed by atoms with van der Waals surface area (Å²) in [7, 11) is 0. The Kier molecular flexibility index (Phi) is 7.18. The number of anilines is 1. The van der Waals surface area contributed by atoms with E-state index in [1.54, 1.807) is 22.9 Å². The highest BCUT2D eigenvalue weighted by atomic mass is 35.5. The van der Waals surface area contributed by atoms with Gasteiger partial charge in [0.2, 0.25) is 0 Å². The maximum Gasteiger partial charge on any atom is 0.267 e. The van der Waals surface area contributed by atoms with Gasteiger partial charge in [-0.05, 0) is 17.5 Å². The number of morpholine rings is 1. The first-order chi connectivity index (χ1) is 12.6. The maximum atomic E-state index is 12.3. The lowest BCUT2D eigenvalue weighted by Crippen LogP contribution is -2.41. The summed E-state index contributed by atoms with van der Waals surface area (Å²) in [5, 5.41) is 9.92. The number of hydrogen-bond acceptors (Lipinski definition) is 7. The predicted octanol–water partition coefficient (Wildman–Crippen LogP) is 2.82. The lowest BCUT2D eigenvalue weighted by Gasteiger charge is -2.26. The zero-order chi connectivity index (χ0) is 18.4. The minimum Gasteiger partial charge on any atom is -0.379 e. The van der Waals surface area contributed by atoms with Crippen LogP contribution in [-0.4, -0.2) is 62.5 Å². The lowest BCUT2D eigenvalue weighted by molar-refractivity contribution is 0.0384. The van der Waals surface area contributed by atoms with Crippen LogP contribution >= 0.6 is 34.3 Å². The molecule has 0 atom stereocenters. The molecule has 6 nitrogen and oxygen atoms in total. The Bertz CT molecular complexity index is 756. The third-order valence-electron chi connectivity index (χ3n) is 3.95. The minimum absolute atomic E-state index is 0.0200. The summed E-state index contributed by atoms with van der Waals surface area (Å²) in [5.74, 6) is -0.239. The molecule has 26 heavy (non-hydrogen) atoms. The Morgan fingerprint density at radius 1 is 1.27 bits per heavy atom. The van der Waals surface area contributed by atoms with Gasteiger partial charge in [0.05, 0.1) is 35.3 Å². The maximum absolute atomic E-state index is 12.3. The van der Waals surface area contributed by atoms with E-state index in [2.05, 4.69) is 15.5 Å². The van der Waals surface area contributed by atoms with Gasteiger partial charge in [-0.3, -0.25) is 14.5 Å². The van der Waals surface area contributed by atoms with E-state index in [9.17, 15) is 9.59 Å². The molecule has 0 aromatic carbocycles. The standard InChI is InChI=1S/C17H20ClN3O3S2/c18-13-1-8-25-16(13)17(23)20-12-9-15(26-11-12)14(22)10-19-2-3-21-4-6-24-7-5-21/h1,8-9,11,19H,2-7,10H2,(H,20,23). The fourth-order valence-electron chi connectivity index (χ4n) is 2.54. The van der Waals surface area contributed by atoms with Crippen molar-refractivity contribution in [1.29, 1.82) is 0 Å². The minimum atomic E-state index is -0.259. The molecule has 0 saturated carbocycles. The molecule has 1 fully saturated rings. The molecule has 0 aliphatic carbocycles. The molecule has 140 valence electrons. The zero-order valence-corrected chi connectivity index (χ0v) is 16.5. The van der Waals surface area contributed by atoms with Crippen molar-refractivity contribution in [3.63, 3.8) is 0 Å². The average molecular weight is 414 g/mol. The van der Waals surface area contributed by atoms with Crippen molar-refractivity contribution in [2.75, 3.05) is 51.3 Å². The van der Waals surface area contributed by atoms with Crippen molar-refractivity contribution in [3.8, 4) is 0 Å². The molecule has 0 radical (unpaired) electrons. The average Bonchev–Trinajstić information content (AvgIpc) is 3.28. The number of ether oxygens (including phenoxy) is 1. The number of Topliss-reactive ketones (excluding diaryl/α,β-unsaturated/α-hetero) is 1. The second-order valence-corrected chi connectivity index (χ2v) is 8.04. The van der Waals surface area contributed by atoms with Gasteiger partial charge in [0.15, 0.2) is 5.78 Å². The number of carbonyl (C=O) groups excluding carboxylic acids is 2. The molecule has 1 aliphatic heterocycles. The molecule has 3 rings (SSSR count). The van der Waals surface area contributed by atoms with Crippen LogP contribution in [0.3, 0.4) is 0 Å². The number of halogens is 1. The van der Waals surface area contributed by atoms with E-state index >= 15 is 0 Å². The first kappa shape index (κ1) is 19.5. The number of carbonyl (C=O) groups is 2. The van der Waals surface area contributed by atoms with Crippen molar-refractivity contribution in [2.45, 2.75) is 0 Å². The number of nitrogens with one attached hydrogen (secondary N) is 2. The van der Waals surface area contributed by atoms with Crippen LogP contribution in [0.5, 0.6) is 0 Å². The van der Waals surface area contributed by atoms with Crippen molar-refractivity contribution >= 4 is 51.7 Å². The van der Waals surface area contributed by atoms with E-state index in [-0.39, 0.29) is 18.2 Å². The van der Waals surface area contributed by atoms with Crippen molar-refractivity contribution in [3.05, 3.63) is 37.7 Å². The van der Waals surface area contributed by atoms with Gasteiger partial charge in [0, 0.05) is 31.6 Å². The molecule has 2 aromatic rings. The van der Waals surface area contributed by atoms with E-state index < -0.39 is 0 Å². The summed E-state index contributed by atoms with van der Waals surface area (Å²) in [4.78, 5) is 27.8. The van der Waals surface area contributed by atoms with Crippen LogP contribution in [0, 0.1) is 0 Å². The highest BCUT2D eigenvalue weighted by Crippen LogP contribution is 2.25. The van der Waals surface area contributed by atoms with Gasteiger partial charge in [-0.25, -0.2) is 0 Å². The van der Waals surface area contributed by atoms with E-state index in [0.29, 0.717) is 20.5 Å². The molecule has 1 amide bonds. The number of ketones is 1. The number of rotatable bonds is 8. The van der Waals surface area contributed by atoms with Crippen LogP contribution in [-0.2, 0) is 4.74 Å². The van der Waals surface area contributed by atoms with Gasteiger partial charge in [0.1, 0.15) is 4.88 Å². The van der Waals surface area contributed by atoms with Crippen molar-refractivity contribution in [1.82, 2.24) is 10.2 Å². The van der Waals surface area contributed by atoms with E-state index in [4.69, 9.17) is 16.3 Å². The Morgan fingerprint density at radius 2 is 2.08 bits per heavy atom. The summed E-state index contributed by atoms with van der Waals surface area (Å²) in [6.45, 7) is 5.39. The van der Waals surface area contributed by atoms with E-state index in [0.717, 1.165) is 39.4 Å². The monoisotopic (exact) mass is 413 g/mol. The molecule has 0 bridgehead atoms. The highest BCUT2D eigenvalue weighted by Gasteiger charge is 2.15. The summed E-state index contributed by atoms with van der Waals surface area (Å²) in [5.41, 5.74) is 0.612. The fourth-order valence-corrected chi connectivity index (χ4v) is 4.36. The van der Waals surface area contributed by atoms with Crippen LogP contribution in [0.15, 0.2) is 22.9 Å². The van der Waals surface area contributed by atoms with Gasteiger partial charge in [0.25, 0.3) is 5.91 Å². The van der Waals surface area contributed by atoms with Crippen LogP contribution in [0.4, 0.5) is 5.69 Å². The molecule has 9 heteroatoms. The van der Waals surface area contributed by atoms with Crippen LogP contribution in [0.25, 0.3) is 0 Å². The fraction of sp³-hybridized carbons (Fsp3) is 0.412. The lowest BCUT2D eigenvalue weighted by atomic mass is 10.3. The first-order valence-corrected chi connectivity index (χ1v) is 10.4. The first-order valence-electron chi connectivity index (χ1n) is 8.30. The van der Waals surface area contributed by atoms with Gasteiger partial charge in [-0.15, -0.1) is 22.7 Å². The van der Waals surface area contributed by atoms with Gasteiger partial charge < -0.3 is 15.4 Å². The number of amides is 1. The SMILES string of the molecule is O=C(CNCCN1CCOCC1)c1cc(NC(=O)c2sccc2Cl)cs1. The Morgan fingerprint density at radius 3 is 2.81 bits per heavy atom. The molecule has 1 saturated heterocycles. The Balaban J connectivity index is 1.42. The summed E-state index contributed by atoms with van der Waals surface area (Å²) in [6, 6.07) is 3.39. The third kappa shape index (κ3) is 5.35. The molecule has 2 N–H and O–H groups in total. The molecule has 0 spiro atoms. The molecular formula is C17H20ClN3O3S2. The van der Waals surface area contributed by atoms with E-state index in [1.165, 1.54) is 22.7 Å². The van der Waals surface area contributed by atoms with Gasteiger partial charge in [-0.2, -0.15) is 0 Å². The predicted molar refractivity (Wildman–Crippen MR) is 106 cm³/mol. The number of hydrogen-bond donors (Lipinski definition) is 2. The topological polar surface area (TPSA) is 70.7 Å². The van der Waals surface area contributed by atoms with Gasteiger partial charge >= 0.3 is 0 Å². The van der Waals surface area contributed by atoms with Crippen molar-refractivity contribution in [2.24, 2.45) is 0 Å². The van der Waals surface area contributed by atoms with Crippen LogP contribution in [0.1, 0.15) is 19.3 Å². The Labute approximate surface area is 165 Å². The van der Waals surface area contributed by atoms with Crippen molar-refractivity contribution < 1.29 is 14.3 Å². The van der Waals surface area contributed by atoms with E-state index in [1.807, 2.05) is 0 Å². The second kappa shape index (κ2) is 9.59. The number of thiophene rings is 2. The molecule has 0 unspecified atom stereocenters. The molecule has 3 heterocycles. The molecular weight excluding hydrogens is 394 g/mol. The van der Waals surface area contributed by atoms with Gasteiger partial charge in [-0.1, -0.05) is 11.6 Å². The summed E-state index contributed by atoms with van der Waals surface area (Å²) >= 11 is 8.58. The molecule has 1 aliphatic rings. The third-order valence-corrected chi connectivity index (χ3v) is 6.26. The van der Waals surface area contributed by atoms with Crippen LogP contribution < -0.4 is 10.6 Å². The summed E-state index contributed by atoms with van der Waals surface area (Å²) < 4.78 is 5.31. The highest BCUT2D eigenvalue weighted by molar-refractivity contribution is 7.13. The molecule has 2 aromatic heterocycles. The largest absolute Gasteiger partial charge is 0.379 e. The normalized spacial score (nSPS) is 15.1. The Hall–Kier alpha value is -1.29. The van der Waals surface area contributed by atoms with Crippen LogP contribution in [0.2, 0.25) is 5.02 Å². The summed E-state index contributed by atoms with van der Waals surface area (Å²) in [6.07, 6.45) is 0.